The Hall–Kier alpha value is -0.800. The Morgan fingerprint density at radius 3 is 2.39 bits per heavy atom. The average molecular weight is 265 g/mol. The molecule has 0 fully saturated rings. The first-order valence-corrected chi connectivity index (χ1v) is 7.49. The van der Waals surface area contributed by atoms with Crippen molar-refractivity contribution in [2.24, 2.45) is 0 Å². The summed E-state index contributed by atoms with van der Waals surface area (Å²) >= 11 is 1.73. The van der Waals surface area contributed by atoms with Gasteiger partial charge in [0, 0.05) is 17.9 Å². The lowest BCUT2D eigenvalue weighted by Gasteiger charge is -2.13. The summed E-state index contributed by atoms with van der Waals surface area (Å²) in [7, 11) is 4.10. The van der Waals surface area contributed by atoms with Gasteiger partial charge in [-0.05, 0) is 33.0 Å². The monoisotopic (exact) mass is 265 g/mol. The summed E-state index contributed by atoms with van der Waals surface area (Å²) in [5.74, 6) is 1.23. The van der Waals surface area contributed by atoms with E-state index in [9.17, 15) is 4.79 Å². The second-order valence-corrected chi connectivity index (χ2v) is 6.18. The maximum Gasteiger partial charge on any atom is 0.175 e. The number of carbonyl (C=O) groups is 1. The van der Waals surface area contributed by atoms with Crippen molar-refractivity contribution in [3.8, 4) is 0 Å². The molecule has 2 nitrogen and oxygen atoms in total. The number of aryl methyl sites for hydroxylation is 1. The maximum atomic E-state index is 12.2. The highest BCUT2D eigenvalue weighted by atomic mass is 32.2. The quantitative estimate of drug-likeness (QED) is 0.707. The molecular weight excluding hydrogens is 242 g/mol. The van der Waals surface area contributed by atoms with Crippen LogP contribution in [-0.2, 0) is 6.42 Å². The van der Waals surface area contributed by atoms with Gasteiger partial charge in [0.1, 0.15) is 0 Å². The van der Waals surface area contributed by atoms with Gasteiger partial charge in [-0.2, -0.15) is 0 Å². The fraction of sp³-hybridized carbons (Fsp3) is 0.533. The Kier molecular flexibility index (Phi) is 6.44. The van der Waals surface area contributed by atoms with Gasteiger partial charge < -0.3 is 4.90 Å². The Bertz CT molecular complexity index is 373. The summed E-state index contributed by atoms with van der Waals surface area (Å²) in [4.78, 5) is 14.3. The molecule has 0 aliphatic rings. The number of nitrogens with zero attached hydrogens (tertiary/aromatic N) is 1. The van der Waals surface area contributed by atoms with E-state index in [4.69, 9.17) is 0 Å². The van der Waals surface area contributed by atoms with Crippen molar-refractivity contribution in [2.75, 3.05) is 26.4 Å². The predicted octanol–water partition coefficient (Wildman–Crippen LogP) is 3.12. The van der Waals surface area contributed by atoms with E-state index in [1.54, 1.807) is 11.8 Å². The first-order valence-electron chi connectivity index (χ1n) is 6.44. The van der Waals surface area contributed by atoms with E-state index < -0.39 is 0 Å². The summed E-state index contributed by atoms with van der Waals surface area (Å²) in [6.45, 7) is 5.13. The van der Waals surface area contributed by atoms with Crippen molar-refractivity contribution in [1.82, 2.24) is 4.90 Å². The molecule has 0 saturated carbocycles. The third-order valence-electron chi connectivity index (χ3n) is 2.92. The van der Waals surface area contributed by atoms with E-state index in [0.717, 1.165) is 24.3 Å². The van der Waals surface area contributed by atoms with Gasteiger partial charge in [0.05, 0.1) is 5.25 Å². The fourth-order valence-electron chi connectivity index (χ4n) is 1.63. The molecule has 1 rings (SSSR count). The van der Waals surface area contributed by atoms with Gasteiger partial charge >= 0.3 is 0 Å². The lowest BCUT2D eigenvalue weighted by molar-refractivity contribution is 0.0994. The minimum atomic E-state index is 0.0393. The van der Waals surface area contributed by atoms with Crippen LogP contribution in [0.15, 0.2) is 24.3 Å². The highest BCUT2D eigenvalue weighted by Crippen LogP contribution is 2.17. The molecule has 0 aromatic heterocycles. The van der Waals surface area contributed by atoms with Crippen LogP contribution in [0.3, 0.4) is 0 Å². The summed E-state index contributed by atoms with van der Waals surface area (Å²) in [6, 6.07) is 7.99. The Morgan fingerprint density at radius 1 is 1.28 bits per heavy atom. The van der Waals surface area contributed by atoms with Crippen LogP contribution in [0.1, 0.15) is 29.8 Å². The molecule has 0 aliphatic heterocycles. The largest absolute Gasteiger partial charge is 0.309 e. The molecule has 100 valence electrons. The van der Waals surface area contributed by atoms with Crippen LogP contribution < -0.4 is 0 Å². The van der Waals surface area contributed by atoms with E-state index in [2.05, 4.69) is 25.9 Å². The zero-order valence-corrected chi connectivity index (χ0v) is 12.6. The highest BCUT2D eigenvalue weighted by molar-refractivity contribution is 8.00. The van der Waals surface area contributed by atoms with Gasteiger partial charge in [-0.1, -0.05) is 31.2 Å². The maximum absolute atomic E-state index is 12.2. The lowest BCUT2D eigenvalue weighted by atomic mass is 10.1. The Balaban J connectivity index is 2.51. The molecule has 0 bridgehead atoms. The highest BCUT2D eigenvalue weighted by Gasteiger charge is 2.15. The van der Waals surface area contributed by atoms with Gasteiger partial charge in [-0.25, -0.2) is 0 Å². The number of rotatable bonds is 7. The molecule has 1 atom stereocenters. The standard InChI is InChI=1S/C15H23NOS/c1-5-13-6-8-14(9-7-13)15(17)12(2)18-11-10-16(3)4/h6-9,12H,5,10-11H2,1-4H3. The molecule has 0 saturated heterocycles. The summed E-state index contributed by atoms with van der Waals surface area (Å²) in [5, 5.41) is 0.0393. The van der Waals surface area contributed by atoms with E-state index >= 15 is 0 Å². The van der Waals surface area contributed by atoms with Gasteiger partial charge in [-0.3, -0.25) is 4.79 Å². The minimum Gasteiger partial charge on any atom is -0.309 e. The fourth-order valence-corrected chi connectivity index (χ4v) is 2.74. The third kappa shape index (κ3) is 4.83. The Labute approximate surface area is 115 Å². The zero-order valence-electron chi connectivity index (χ0n) is 11.8. The molecule has 0 amide bonds. The lowest BCUT2D eigenvalue weighted by Crippen LogP contribution is -2.19. The van der Waals surface area contributed by atoms with Crippen LogP contribution in [0.25, 0.3) is 0 Å². The SMILES string of the molecule is CCc1ccc(C(=O)C(C)SCCN(C)C)cc1. The first kappa shape index (κ1) is 15.3. The summed E-state index contributed by atoms with van der Waals surface area (Å²) in [6.07, 6.45) is 1.02. The number of hydrogen-bond donors (Lipinski definition) is 0. The van der Waals surface area contributed by atoms with Gasteiger partial charge in [0.25, 0.3) is 0 Å². The van der Waals surface area contributed by atoms with Gasteiger partial charge in [0.15, 0.2) is 5.78 Å². The van der Waals surface area contributed by atoms with Crippen LogP contribution in [-0.4, -0.2) is 42.3 Å². The molecule has 18 heavy (non-hydrogen) atoms. The van der Waals surface area contributed by atoms with Crippen LogP contribution in [0.4, 0.5) is 0 Å². The number of ketones is 1. The van der Waals surface area contributed by atoms with Crippen LogP contribution >= 0.6 is 11.8 Å². The smallest absolute Gasteiger partial charge is 0.175 e. The summed E-state index contributed by atoms with van der Waals surface area (Å²) < 4.78 is 0. The van der Waals surface area contributed by atoms with Crippen molar-refractivity contribution < 1.29 is 4.79 Å². The van der Waals surface area contributed by atoms with E-state index in [1.165, 1.54) is 5.56 Å². The second kappa shape index (κ2) is 7.59. The average Bonchev–Trinajstić information content (AvgIpc) is 2.37. The van der Waals surface area contributed by atoms with E-state index in [0.29, 0.717) is 0 Å². The van der Waals surface area contributed by atoms with Crippen molar-refractivity contribution in [3.05, 3.63) is 35.4 Å². The second-order valence-electron chi connectivity index (χ2n) is 4.73. The first-order chi connectivity index (χ1) is 8.54. The van der Waals surface area contributed by atoms with Crippen molar-refractivity contribution in [1.29, 1.82) is 0 Å². The molecule has 1 aromatic carbocycles. The Morgan fingerprint density at radius 2 is 1.89 bits per heavy atom. The number of Topliss-reactive ketones (excluding diaryl/α,β-unsaturated/α-hetero) is 1. The number of carbonyl (C=O) groups excluding carboxylic acids is 1. The number of thioether (sulfide) groups is 1. The van der Waals surface area contributed by atoms with Crippen LogP contribution in [0.2, 0.25) is 0 Å². The molecule has 0 heterocycles. The molecule has 0 aliphatic carbocycles. The van der Waals surface area contributed by atoms with Crippen LogP contribution in [0.5, 0.6) is 0 Å². The van der Waals surface area contributed by atoms with Crippen LogP contribution in [0, 0.1) is 0 Å². The minimum absolute atomic E-state index is 0.0393. The van der Waals surface area contributed by atoms with Gasteiger partial charge in [0.2, 0.25) is 0 Å². The molecule has 1 unspecified atom stereocenters. The topological polar surface area (TPSA) is 20.3 Å². The molecule has 3 heteroatoms. The molecule has 0 N–H and O–H groups in total. The van der Waals surface area contributed by atoms with Crippen molar-refractivity contribution in [2.45, 2.75) is 25.5 Å². The van der Waals surface area contributed by atoms with Crippen molar-refractivity contribution in [3.63, 3.8) is 0 Å². The summed E-state index contributed by atoms with van der Waals surface area (Å²) in [5.41, 5.74) is 2.11. The zero-order chi connectivity index (χ0) is 13.5. The molecule has 0 spiro atoms. The molecular formula is C15H23NOS. The number of benzene rings is 1. The van der Waals surface area contributed by atoms with E-state index in [-0.39, 0.29) is 11.0 Å². The van der Waals surface area contributed by atoms with E-state index in [1.807, 2.05) is 31.2 Å². The normalized spacial score (nSPS) is 12.7. The predicted molar refractivity (Wildman–Crippen MR) is 80.6 cm³/mol. The van der Waals surface area contributed by atoms with Crippen molar-refractivity contribution >= 4 is 17.5 Å². The molecule has 0 radical (unpaired) electrons. The van der Waals surface area contributed by atoms with Gasteiger partial charge in [-0.15, -0.1) is 11.8 Å². The third-order valence-corrected chi connectivity index (χ3v) is 4.05. The number of hydrogen-bond acceptors (Lipinski definition) is 3. The molecule has 1 aromatic rings.